The molecule has 0 aromatic carbocycles. The van der Waals surface area contributed by atoms with Gasteiger partial charge in [-0.25, -0.2) is 0 Å². The maximum absolute atomic E-state index is 10.3. The van der Waals surface area contributed by atoms with E-state index in [1.54, 1.807) is 6.92 Å². The largest absolute Gasteiger partial charge is 0.386 e. The van der Waals surface area contributed by atoms with Crippen LogP contribution in [0.2, 0.25) is 0 Å². The smallest absolute Gasteiger partial charge is 0.208 e. The van der Waals surface area contributed by atoms with Gasteiger partial charge in [-0.05, 0) is 6.92 Å². The molecule has 2 rings (SSSR count). The molecule has 1 aliphatic heterocycles. The Morgan fingerprint density at radius 2 is 2.31 bits per heavy atom. The standard InChI is InChI=1S/C7H9N3O2S/c1-7(12)3-10(4-7)6-9-8-5(2-11)13-6/h2,12H,3-4H2,1H3. The summed E-state index contributed by atoms with van der Waals surface area (Å²) >= 11 is 1.24. The molecule has 0 atom stereocenters. The average Bonchev–Trinajstić information content (AvgIpc) is 2.47. The van der Waals surface area contributed by atoms with Gasteiger partial charge in [0, 0.05) is 0 Å². The second kappa shape index (κ2) is 2.74. The van der Waals surface area contributed by atoms with Gasteiger partial charge in [0.15, 0.2) is 11.3 Å². The number of anilines is 1. The average molecular weight is 199 g/mol. The summed E-state index contributed by atoms with van der Waals surface area (Å²) < 4.78 is 0. The molecule has 1 fully saturated rings. The van der Waals surface area contributed by atoms with E-state index in [2.05, 4.69) is 10.2 Å². The van der Waals surface area contributed by atoms with Crippen LogP contribution in [0.4, 0.5) is 5.13 Å². The minimum Gasteiger partial charge on any atom is -0.386 e. The molecule has 1 aliphatic rings. The molecular weight excluding hydrogens is 190 g/mol. The molecule has 0 bridgehead atoms. The van der Waals surface area contributed by atoms with Crippen molar-refractivity contribution in [2.24, 2.45) is 0 Å². The Labute approximate surface area is 79.0 Å². The molecule has 0 aliphatic carbocycles. The molecule has 0 saturated carbocycles. The molecule has 1 aromatic rings. The number of carbonyl (C=O) groups excluding carboxylic acids is 1. The number of aliphatic hydroxyl groups is 1. The number of hydrogen-bond donors (Lipinski definition) is 1. The molecule has 0 radical (unpaired) electrons. The second-order valence-electron chi connectivity index (χ2n) is 3.39. The predicted octanol–water partition coefficient (Wildman–Crippen LogP) is -0.0784. The van der Waals surface area contributed by atoms with Crippen molar-refractivity contribution in [1.82, 2.24) is 10.2 Å². The number of aldehydes is 1. The first-order chi connectivity index (χ1) is 6.11. The Morgan fingerprint density at radius 3 is 2.77 bits per heavy atom. The number of aromatic nitrogens is 2. The number of nitrogens with zero attached hydrogens (tertiary/aromatic N) is 3. The van der Waals surface area contributed by atoms with Crippen molar-refractivity contribution in [1.29, 1.82) is 0 Å². The van der Waals surface area contributed by atoms with Crippen molar-refractivity contribution < 1.29 is 9.90 Å². The number of hydrogen-bond acceptors (Lipinski definition) is 6. The lowest BCUT2D eigenvalue weighted by atomic mass is 9.98. The summed E-state index contributed by atoms with van der Waals surface area (Å²) in [5.41, 5.74) is -0.618. The molecule has 5 nitrogen and oxygen atoms in total. The van der Waals surface area contributed by atoms with E-state index in [0.717, 1.165) is 0 Å². The van der Waals surface area contributed by atoms with Gasteiger partial charge in [0.1, 0.15) is 0 Å². The Hall–Kier alpha value is -1.01. The zero-order valence-electron chi connectivity index (χ0n) is 7.10. The Morgan fingerprint density at radius 1 is 1.62 bits per heavy atom. The van der Waals surface area contributed by atoms with Crippen LogP contribution in [0, 0.1) is 0 Å². The highest BCUT2D eigenvalue weighted by molar-refractivity contribution is 7.16. The fourth-order valence-electron chi connectivity index (χ4n) is 1.31. The quantitative estimate of drug-likeness (QED) is 0.675. The second-order valence-corrected chi connectivity index (χ2v) is 4.38. The van der Waals surface area contributed by atoms with Crippen molar-refractivity contribution in [3.63, 3.8) is 0 Å². The number of rotatable bonds is 2. The van der Waals surface area contributed by atoms with Crippen molar-refractivity contribution in [2.75, 3.05) is 18.0 Å². The SMILES string of the molecule is CC1(O)CN(c2nnc(C=O)s2)C1. The monoisotopic (exact) mass is 199 g/mol. The van der Waals surface area contributed by atoms with Gasteiger partial charge in [0.25, 0.3) is 0 Å². The summed E-state index contributed by atoms with van der Waals surface area (Å²) in [5.74, 6) is 0. The molecule has 0 amide bonds. The fraction of sp³-hybridized carbons (Fsp3) is 0.571. The van der Waals surface area contributed by atoms with Crippen LogP contribution in [0.5, 0.6) is 0 Å². The van der Waals surface area contributed by atoms with Crippen molar-refractivity contribution in [2.45, 2.75) is 12.5 Å². The van der Waals surface area contributed by atoms with E-state index < -0.39 is 5.60 Å². The Balaban J connectivity index is 2.07. The first-order valence-electron chi connectivity index (χ1n) is 3.87. The highest BCUT2D eigenvalue weighted by atomic mass is 32.1. The third-order valence-electron chi connectivity index (χ3n) is 1.86. The van der Waals surface area contributed by atoms with Crippen molar-refractivity contribution >= 4 is 22.8 Å². The van der Waals surface area contributed by atoms with E-state index in [4.69, 9.17) is 0 Å². The molecule has 6 heteroatoms. The zero-order chi connectivity index (χ0) is 9.47. The van der Waals surface area contributed by atoms with E-state index in [0.29, 0.717) is 29.5 Å². The summed E-state index contributed by atoms with van der Waals surface area (Å²) in [6.45, 7) is 2.88. The first kappa shape index (κ1) is 8.58. The molecular formula is C7H9N3O2S. The lowest BCUT2D eigenvalue weighted by Crippen LogP contribution is -2.60. The van der Waals surface area contributed by atoms with Crippen LogP contribution in [-0.4, -0.2) is 40.3 Å². The van der Waals surface area contributed by atoms with Crippen LogP contribution in [0.25, 0.3) is 0 Å². The molecule has 1 aromatic heterocycles. The minimum absolute atomic E-state index is 0.376. The van der Waals surface area contributed by atoms with E-state index >= 15 is 0 Å². The third kappa shape index (κ3) is 1.54. The van der Waals surface area contributed by atoms with Gasteiger partial charge in [-0.3, -0.25) is 4.79 Å². The molecule has 2 heterocycles. The molecule has 1 saturated heterocycles. The summed E-state index contributed by atoms with van der Waals surface area (Å²) in [4.78, 5) is 12.2. The van der Waals surface area contributed by atoms with Crippen LogP contribution in [0.1, 0.15) is 16.7 Å². The summed E-state index contributed by atoms with van der Waals surface area (Å²) in [6, 6.07) is 0. The first-order valence-corrected chi connectivity index (χ1v) is 4.68. The van der Waals surface area contributed by atoms with E-state index in [1.165, 1.54) is 11.3 Å². The number of β-amino-alcohol motifs (C(OH)–C–C–N with tert-alkyl or cyclic N) is 1. The van der Waals surface area contributed by atoms with Crippen LogP contribution in [0.3, 0.4) is 0 Å². The van der Waals surface area contributed by atoms with E-state index in [1.807, 2.05) is 4.90 Å². The molecule has 13 heavy (non-hydrogen) atoms. The topological polar surface area (TPSA) is 66.3 Å². The lowest BCUT2D eigenvalue weighted by molar-refractivity contribution is 0.0309. The number of carbonyl (C=O) groups is 1. The molecule has 0 unspecified atom stereocenters. The van der Waals surface area contributed by atoms with Gasteiger partial charge in [0.2, 0.25) is 5.13 Å². The summed E-state index contributed by atoms with van der Waals surface area (Å²) in [6.07, 6.45) is 0.680. The highest BCUT2D eigenvalue weighted by Crippen LogP contribution is 2.28. The zero-order valence-corrected chi connectivity index (χ0v) is 7.91. The van der Waals surface area contributed by atoms with Crippen LogP contribution in [-0.2, 0) is 0 Å². The van der Waals surface area contributed by atoms with E-state index in [-0.39, 0.29) is 0 Å². The normalized spacial score (nSPS) is 19.7. The minimum atomic E-state index is -0.618. The predicted molar refractivity (Wildman–Crippen MR) is 48.1 cm³/mol. The maximum Gasteiger partial charge on any atom is 0.208 e. The van der Waals surface area contributed by atoms with Gasteiger partial charge in [0.05, 0.1) is 18.7 Å². The van der Waals surface area contributed by atoms with Crippen molar-refractivity contribution in [3.05, 3.63) is 5.01 Å². The van der Waals surface area contributed by atoms with Crippen LogP contribution >= 0.6 is 11.3 Å². The Kier molecular flexibility index (Phi) is 1.81. The maximum atomic E-state index is 10.3. The van der Waals surface area contributed by atoms with Gasteiger partial charge in [-0.2, -0.15) is 0 Å². The molecule has 1 N–H and O–H groups in total. The van der Waals surface area contributed by atoms with Crippen LogP contribution in [0.15, 0.2) is 0 Å². The van der Waals surface area contributed by atoms with Gasteiger partial charge in [-0.1, -0.05) is 11.3 Å². The Bertz CT molecular complexity index is 328. The fourth-order valence-corrected chi connectivity index (χ4v) is 1.97. The molecule has 70 valence electrons. The van der Waals surface area contributed by atoms with Crippen LogP contribution < -0.4 is 4.90 Å². The van der Waals surface area contributed by atoms with Gasteiger partial charge < -0.3 is 10.0 Å². The summed E-state index contributed by atoms with van der Waals surface area (Å²) in [7, 11) is 0. The van der Waals surface area contributed by atoms with Crippen molar-refractivity contribution in [3.8, 4) is 0 Å². The lowest BCUT2D eigenvalue weighted by Gasteiger charge is -2.43. The highest BCUT2D eigenvalue weighted by Gasteiger charge is 2.38. The molecule has 0 spiro atoms. The summed E-state index contributed by atoms with van der Waals surface area (Å²) in [5, 5.41) is 18.0. The van der Waals surface area contributed by atoms with Gasteiger partial charge >= 0.3 is 0 Å². The third-order valence-corrected chi connectivity index (χ3v) is 2.77. The van der Waals surface area contributed by atoms with E-state index in [9.17, 15) is 9.90 Å². The van der Waals surface area contributed by atoms with Gasteiger partial charge in [-0.15, -0.1) is 10.2 Å².